The molecule has 0 saturated carbocycles. The van der Waals surface area contributed by atoms with E-state index < -0.39 is 23.7 Å². The molecule has 1 aromatic heterocycles. The van der Waals surface area contributed by atoms with Gasteiger partial charge in [0.15, 0.2) is 5.69 Å². The van der Waals surface area contributed by atoms with Crippen molar-refractivity contribution in [2.24, 2.45) is 11.6 Å². The van der Waals surface area contributed by atoms with Gasteiger partial charge in [0.2, 0.25) is 0 Å². The number of nitrogen functional groups attached to an aromatic ring is 1. The Balaban J connectivity index is 1.91. The summed E-state index contributed by atoms with van der Waals surface area (Å²) in [7, 11) is 0. The second kappa shape index (κ2) is 7.87. The van der Waals surface area contributed by atoms with Crippen molar-refractivity contribution >= 4 is 17.1 Å². The van der Waals surface area contributed by atoms with Crippen molar-refractivity contribution < 1.29 is 26.3 Å². The average Bonchev–Trinajstić information content (AvgIpc) is 3.14. The molecule has 164 valence electrons. The lowest BCUT2D eigenvalue weighted by molar-refractivity contribution is -0.143. The number of alkyl halides is 6. The molecule has 0 saturated heterocycles. The number of hydrazine groups is 1. The van der Waals surface area contributed by atoms with Gasteiger partial charge in [0.1, 0.15) is 5.69 Å². The minimum absolute atomic E-state index is 0.0435. The zero-order chi connectivity index (χ0) is 23.0. The summed E-state index contributed by atoms with van der Waals surface area (Å²) < 4.78 is 78.3. The van der Waals surface area contributed by atoms with E-state index in [4.69, 9.17) is 17.3 Å². The summed E-state index contributed by atoms with van der Waals surface area (Å²) in [5.41, 5.74) is 9.89. The van der Waals surface area contributed by atoms with Crippen LogP contribution >= 0.6 is 0 Å². The van der Waals surface area contributed by atoms with E-state index in [0.717, 1.165) is 17.1 Å². The second-order valence-electron chi connectivity index (χ2n) is 6.46. The summed E-state index contributed by atoms with van der Waals surface area (Å²) in [6.45, 7) is 0. The number of halogens is 6. The van der Waals surface area contributed by atoms with Crippen LogP contribution in [-0.2, 0) is 12.4 Å². The first kappa shape index (κ1) is 22.0. The maximum absolute atomic E-state index is 13.2. The van der Waals surface area contributed by atoms with E-state index >= 15 is 0 Å². The third kappa shape index (κ3) is 4.91. The number of hydrogen-bond donors (Lipinski definition) is 3. The van der Waals surface area contributed by atoms with Crippen molar-refractivity contribution in [1.29, 1.82) is 0 Å². The predicted octanol–water partition coefficient (Wildman–Crippen LogP) is 4.13. The first-order valence-corrected chi connectivity index (χ1v) is 8.58. The number of nitrogens with two attached hydrogens (primary N) is 3. The zero-order valence-electron chi connectivity index (χ0n) is 15.6. The van der Waals surface area contributed by atoms with Gasteiger partial charge in [0.25, 0.3) is 0 Å². The molecule has 12 heteroatoms. The van der Waals surface area contributed by atoms with Crippen LogP contribution < -0.4 is 22.3 Å². The molecule has 0 unspecified atom stereocenters. The highest BCUT2D eigenvalue weighted by Gasteiger charge is 2.42. The van der Waals surface area contributed by atoms with Crippen LogP contribution in [-0.4, -0.2) is 9.78 Å². The molecule has 0 aliphatic heterocycles. The molecule has 0 spiro atoms. The normalized spacial score (nSPS) is 12.8. The molecule has 0 atom stereocenters. The van der Waals surface area contributed by atoms with Gasteiger partial charge in [0, 0.05) is 23.5 Å². The van der Waals surface area contributed by atoms with Gasteiger partial charge < -0.3 is 11.5 Å². The molecule has 0 fully saturated rings. The quantitative estimate of drug-likeness (QED) is 0.244. The first-order valence-electron chi connectivity index (χ1n) is 8.58. The molecule has 6 nitrogen and oxygen atoms in total. The van der Waals surface area contributed by atoms with Gasteiger partial charge in [0.05, 0.1) is 17.1 Å². The van der Waals surface area contributed by atoms with Crippen molar-refractivity contribution in [3.05, 3.63) is 77.7 Å². The van der Waals surface area contributed by atoms with Crippen LogP contribution in [0.1, 0.15) is 17.0 Å². The smallest absolute Gasteiger partial charge is 0.399 e. The number of anilines is 2. The Kier molecular flexibility index (Phi) is 5.59. The van der Waals surface area contributed by atoms with Crippen LogP contribution in [0.2, 0.25) is 0 Å². The summed E-state index contributed by atoms with van der Waals surface area (Å²) in [6.07, 6.45) is -8.70. The Morgan fingerprint density at radius 1 is 0.935 bits per heavy atom. The molecular weight excluding hydrogens is 426 g/mol. The number of benzene rings is 2. The fourth-order valence-corrected chi connectivity index (χ4v) is 2.70. The lowest BCUT2D eigenvalue weighted by Gasteiger charge is -2.16. The van der Waals surface area contributed by atoms with Crippen LogP contribution in [0.4, 0.5) is 37.7 Å². The molecule has 0 radical (unpaired) electrons. The van der Waals surface area contributed by atoms with Gasteiger partial charge in [-0.2, -0.15) is 31.4 Å². The van der Waals surface area contributed by atoms with Gasteiger partial charge in [-0.1, -0.05) is 12.1 Å². The Morgan fingerprint density at radius 3 is 2.13 bits per heavy atom. The molecule has 3 aromatic rings. The fraction of sp³-hybridized carbons (Fsp3) is 0.105. The van der Waals surface area contributed by atoms with E-state index in [-0.39, 0.29) is 22.1 Å². The van der Waals surface area contributed by atoms with Crippen molar-refractivity contribution in [2.75, 3.05) is 10.7 Å². The molecule has 0 bridgehead atoms. The maximum Gasteiger partial charge on any atom is 0.435 e. The first-order chi connectivity index (χ1) is 14.4. The van der Waals surface area contributed by atoms with Crippen LogP contribution in [0.25, 0.3) is 11.4 Å². The molecule has 3 rings (SSSR count). The Hall–Kier alpha value is -3.67. The van der Waals surface area contributed by atoms with Crippen molar-refractivity contribution in [3.8, 4) is 5.69 Å². The van der Waals surface area contributed by atoms with Gasteiger partial charge >= 0.3 is 12.4 Å². The van der Waals surface area contributed by atoms with E-state index in [1.807, 2.05) is 0 Å². The summed E-state index contributed by atoms with van der Waals surface area (Å²) in [5, 5.41) is 4.18. The van der Waals surface area contributed by atoms with Crippen LogP contribution in [0.15, 0.2) is 60.8 Å². The average molecular weight is 442 g/mol. The highest BCUT2D eigenvalue weighted by atomic mass is 19.4. The molecule has 2 aromatic carbocycles. The lowest BCUT2D eigenvalue weighted by Crippen LogP contribution is -2.25. The Morgan fingerprint density at radius 2 is 1.58 bits per heavy atom. The second-order valence-corrected chi connectivity index (χ2v) is 6.46. The SMILES string of the molecule is N/C(=C\N(N)c1ccc(-n2nc(C(F)(F)F)cc2C(F)(F)F)cc1)c1cccc(N)c1. The van der Waals surface area contributed by atoms with Gasteiger partial charge in [-0.25, -0.2) is 10.5 Å². The van der Waals surface area contributed by atoms with Gasteiger partial charge in [-0.05, 0) is 36.4 Å². The van der Waals surface area contributed by atoms with Crippen LogP contribution in [0.5, 0.6) is 0 Å². The summed E-state index contributed by atoms with van der Waals surface area (Å²) in [5.74, 6) is 5.91. The van der Waals surface area contributed by atoms with E-state index in [9.17, 15) is 26.3 Å². The molecule has 6 N–H and O–H groups in total. The fourth-order valence-electron chi connectivity index (χ4n) is 2.70. The maximum atomic E-state index is 13.2. The van der Waals surface area contributed by atoms with Gasteiger partial charge in [-0.15, -0.1) is 0 Å². The minimum atomic E-state index is -5.04. The van der Waals surface area contributed by atoms with Crippen molar-refractivity contribution in [3.63, 3.8) is 0 Å². The lowest BCUT2D eigenvalue weighted by atomic mass is 10.1. The Bertz CT molecular complexity index is 1100. The van der Waals surface area contributed by atoms with Crippen LogP contribution in [0, 0.1) is 0 Å². The molecule has 0 aliphatic carbocycles. The topological polar surface area (TPSA) is 99.1 Å². The third-order valence-corrected chi connectivity index (χ3v) is 4.18. The van der Waals surface area contributed by atoms with Gasteiger partial charge in [-0.3, -0.25) is 5.01 Å². The third-order valence-electron chi connectivity index (χ3n) is 4.18. The number of aromatic nitrogens is 2. The minimum Gasteiger partial charge on any atom is -0.399 e. The number of nitrogens with zero attached hydrogens (tertiary/aromatic N) is 3. The molecule has 0 amide bonds. The van der Waals surface area contributed by atoms with Crippen LogP contribution in [0.3, 0.4) is 0 Å². The van der Waals surface area contributed by atoms with Crippen molar-refractivity contribution in [1.82, 2.24) is 9.78 Å². The number of rotatable bonds is 4. The summed E-state index contributed by atoms with van der Waals surface area (Å²) in [6, 6.07) is 11.6. The highest BCUT2D eigenvalue weighted by molar-refractivity contribution is 5.68. The number of hydrogen-bond acceptors (Lipinski definition) is 5. The largest absolute Gasteiger partial charge is 0.435 e. The van der Waals surface area contributed by atoms with Crippen molar-refractivity contribution in [2.45, 2.75) is 12.4 Å². The summed E-state index contributed by atoms with van der Waals surface area (Å²) >= 11 is 0. The van der Waals surface area contributed by atoms with E-state index in [2.05, 4.69) is 5.10 Å². The monoisotopic (exact) mass is 442 g/mol. The predicted molar refractivity (Wildman–Crippen MR) is 103 cm³/mol. The zero-order valence-corrected chi connectivity index (χ0v) is 15.6. The molecular formula is C19H16F6N6. The van der Waals surface area contributed by atoms with E-state index in [1.54, 1.807) is 24.3 Å². The molecule has 0 aliphatic rings. The molecule has 1 heterocycles. The van der Waals surface area contributed by atoms with E-state index in [1.165, 1.54) is 18.3 Å². The molecule has 31 heavy (non-hydrogen) atoms. The van der Waals surface area contributed by atoms with E-state index in [0.29, 0.717) is 16.9 Å². The summed E-state index contributed by atoms with van der Waals surface area (Å²) in [4.78, 5) is 0. The highest BCUT2D eigenvalue weighted by Crippen LogP contribution is 2.36. The Labute approximate surface area is 172 Å². The standard InChI is InChI=1S/C19H16F6N6/c20-18(21,22)16-9-17(19(23,24)25)31(29-16)14-6-4-13(5-7-14)30(28)10-15(27)11-2-1-3-12(26)8-11/h1-10H,26-28H2/b15-10-.